The van der Waals surface area contributed by atoms with Crippen molar-refractivity contribution in [3.05, 3.63) is 64.0 Å². The Labute approximate surface area is 370 Å². The minimum Gasteiger partial charge on any atom is -0.297 e. The van der Waals surface area contributed by atoms with Gasteiger partial charge in [0.2, 0.25) is 0 Å². The van der Waals surface area contributed by atoms with E-state index in [0.717, 1.165) is 176 Å². The first-order chi connectivity index (χ1) is 28.4. The zero-order valence-electron chi connectivity index (χ0n) is 37.6. The van der Waals surface area contributed by atoms with Crippen molar-refractivity contribution in [3.8, 4) is 31.3 Å². The van der Waals surface area contributed by atoms with Crippen molar-refractivity contribution in [2.24, 2.45) is 0 Å². The molecule has 0 N–H and O–H groups in total. The first-order valence-corrected chi connectivity index (χ1v) is 26.7. The predicted octanol–water partition coefficient (Wildman–Crippen LogP) is 17.0. The van der Waals surface area contributed by atoms with Gasteiger partial charge in [-0.1, -0.05) is 107 Å². The average molecular weight is 859 g/mol. The van der Waals surface area contributed by atoms with E-state index in [-0.39, 0.29) is 0 Å². The Hall–Kier alpha value is -2.30. The van der Waals surface area contributed by atoms with Crippen LogP contribution in [0.2, 0.25) is 0 Å². The molecule has 0 aliphatic carbocycles. The van der Waals surface area contributed by atoms with E-state index in [1.54, 1.807) is 22.7 Å². The van der Waals surface area contributed by atoms with Gasteiger partial charge in [-0.05, 0) is 159 Å². The van der Waals surface area contributed by atoms with Crippen molar-refractivity contribution >= 4 is 57.9 Å². The van der Waals surface area contributed by atoms with Crippen LogP contribution in [-0.2, 0) is 51.4 Å². The van der Waals surface area contributed by atoms with E-state index in [2.05, 4.69) is 67.2 Å². The van der Waals surface area contributed by atoms with Gasteiger partial charge in [0.1, 0.15) is 0 Å². The Bertz CT molecular complexity index is 1800. The van der Waals surface area contributed by atoms with Gasteiger partial charge in [0.15, 0.2) is 12.6 Å². The molecule has 0 aliphatic heterocycles. The number of rotatable bonds is 28. The van der Waals surface area contributed by atoms with Gasteiger partial charge in [-0.15, -0.1) is 45.3 Å². The SMILES string of the molecule is CCCCc1c(C#Cc2sc(-c3sc(C=O)c(CCCC)c3CCCC)c(CCCC)c2CCCC)sc(-c2sc(C=O)c(CCCC)c2CCCC)c1CCCC. The van der Waals surface area contributed by atoms with E-state index in [0.29, 0.717) is 0 Å². The fraction of sp³-hybridized carbons (Fsp3) is 0.615. The zero-order valence-corrected chi connectivity index (χ0v) is 40.8. The van der Waals surface area contributed by atoms with Crippen LogP contribution in [0.3, 0.4) is 0 Å². The molecule has 4 heterocycles. The fourth-order valence-corrected chi connectivity index (χ4v) is 13.5. The lowest BCUT2D eigenvalue weighted by Gasteiger charge is -2.10. The van der Waals surface area contributed by atoms with Crippen LogP contribution in [0.15, 0.2) is 0 Å². The molecule has 0 radical (unpaired) electrons. The van der Waals surface area contributed by atoms with Crippen LogP contribution >= 0.6 is 45.3 Å². The van der Waals surface area contributed by atoms with Crippen LogP contribution in [0.25, 0.3) is 19.5 Å². The number of thiophene rings is 4. The Morgan fingerprint density at radius 3 is 0.810 bits per heavy atom. The third kappa shape index (κ3) is 12.2. The topological polar surface area (TPSA) is 34.1 Å². The van der Waals surface area contributed by atoms with E-state index in [1.165, 1.54) is 73.8 Å². The summed E-state index contributed by atoms with van der Waals surface area (Å²) in [4.78, 5) is 35.1. The largest absolute Gasteiger partial charge is 0.297 e. The highest BCUT2D eigenvalue weighted by Crippen LogP contribution is 2.48. The van der Waals surface area contributed by atoms with Gasteiger partial charge in [0, 0.05) is 19.5 Å². The molecular formula is C52H74O2S4. The number of unbranched alkanes of at least 4 members (excludes halogenated alkanes) is 8. The van der Waals surface area contributed by atoms with Crippen LogP contribution in [-0.4, -0.2) is 12.6 Å². The van der Waals surface area contributed by atoms with E-state index in [9.17, 15) is 9.59 Å². The fourth-order valence-electron chi connectivity index (χ4n) is 8.24. The molecule has 0 amide bonds. The molecule has 6 heteroatoms. The minimum atomic E-state index is 0.945. The Morgan fingerprint density at radius 1 is 0.328 bits per heavy atom. The molecule has 0 unspecified atom stereocenters. The molecule has 58 heavy (non-hydrogen) atoms. The zero-order chi connectivity index (χ0) is 41.9. The van der Waals surface area contributed by atoms with Gasteiger partial charge in [0.05, 0.1) is 19.5 Å². The normalized spacial score (nSPS) is 11.4. The molecule has 0 aromatic carbocycles. The van der Waals surface area contributed by atoms with Crippen molar-refractivity contribution in [3.63, 3.8) is 0 Å². The third-order valence-electron chi connectivity index (χ3n) is 11.7. The molecule has 0 aliphatic rings. The van der Waals surface area contributed by atoms with Crippen LogP contribution in [0.5, 0.6) is 0 Å². The molecule has 318 valence electrons. The number of carbonyl (C=O) groups excluding carboxylic acids is 2. The number of aldehydes is 2. The highest BCUT2D eigenvalue weighted by molar-refractivity contribution is 7.24. The van der Waals surface area contributed by atoms with Crippen molar-refractivity contribution in [2.45, 2.75) is 209 Å². The number of hydrogen-bond donors (Lipinski definition) is 0. The molecule has 0 saturated heterocycles. The Morgan fingerprint density at radius 2 is 0.552 bits per heavy atom. The highest BCUT2D eigenvalue weighted by Gasteiger charge is 2.27. The lowest BCUT2D eigenvalue weighted by Crippen LogP contribution is -1.98. The van der Waals surface area contributed by atoms with E-state index < -0.39 is 0 Å². The lowest BCUT2D eigenvalue weighted by atomic mass is 9.94. The van der Waals surface area contributed by atoms with Crippen LogP contribution in [0, 0.1) is 11.8 Å². The number of carbonyl (C=O) groups is 2. The van der Waals surface area contributed by atoms with Gasteiger partial charge in [-0.3, -0.25) is 9.59 Å². The quantitative estimate of drug-likeness (QED) is 0.0421. The third-order valence-corrected chi connectivity index (χ3v) is 16.8. The molecule has 0 spiro atoms. The summed E-state index contributed by atoms with van der Waals surface area (Å²) in [5.41, 5.74) is 11.5. The van der Waals surface area contributed by atoms with Crippen LogP contribution in [0.1, 0.15) is 232 Å². The van der Waals surface area contributed by atoms with E-state index >= 15 is 0 Å². The van der Waals surface area contributed by atoms with Crippen molar-refractivity contribution in [1.29, 1.82) is 0 Å². The monoisotopic (exact) mass is 858 g/mol. The summed E-state index contributed by atoms with van der Waals surface area (Å²) in [5, 5.41) is 0. The molecule has 0 saturated carbocycles. The Balaban J connectivity index is 2.02. The van der Waals surface area contributed by atoms with Gasteiger partial charge < -0.3 is 0 Å². The van der Waals surface area contributed by atoms with Crippen LogP contribution in [0.4, 0.5) is 0 Å². The average Bonchev–Trinajstić information content (AvgIpc) is 3.98. The predicted molar refractivity (Wildman–Crippen MR) is 261 cm³/mol. The first kappa shape index (κ1) is 48.4. The van der Waals surface area contributed by atoms with Gasteiger partial charge in [-0.25, -0.2) is 0 Å². The molecule has 0 atom stereocenters. The van der Waals surface area contributed by atoms with Crippen LogP contribution < -0.4 is 0 Å². The molecule has 4 rings (SSSR count). The van der Waals surface area contributed by atoms with Crippen molar-refractivity contribution in [1.82, 2.24) is 0 Å². The summed E-state index contributed by atoms with van der Waals surface area (Å²) >= 11 is 7.37. The molecule has 4 aromatic rings. The standard InChI is InChI=1S/C52H74O2S4/c1-9-17-25-37-41(29-21-13-5)49(51-43(31-23-15-7)39(27-19-11-3)47(35-53)57-51)55-45(37)33-34-46-38(26-18-10-2)42(30-22-14-6)50(56-46)52-44(32-24-16-8)40(28-20-12-4)48(36-54)58-52/h35-36H,9-32H2,1-8H3. The molecule has 2 nitrogen and oxygen atoms in total. The summed E-state index contributed by atoms with van der Waals surface area (Å²) in [7, 11) is 0. The maximum absolute atomic E-state index is 12.6. The summed E-state index contributed by atoms with van der Waals surface area (Å²) < 4.78 is 0. The van der Waals surface area contributed by atoms with Gasteiger partial charge in [0.25, 0.3) is 0 Å². The smallest absolute Gasteiger partial charge is 0.160 e. The van der Waals surface area contributed by atoms with Gasteiger partial charge >= 0.3 is 0 Å². The van der Waals surface area contributed by atoms with E-state index in [1.807, 2.05) is 22.7 Å². The Kier molecular flexibility index (Phi) is 21.8. The summed E-state index contributed by atoms with van der Waals surface area (Å²) in [6.07, 6.45) is 29.0. The van der Waals surface area contributed by atoms with E-state index in [4.69, 9.17) is 0 Å². The summed E-state index contributed by atoms with van der Waals surface area (Å²) in [6.45, 7) is 18.3. The molecular weight excluding hydrogens is 785 g/mol. The second-order valence-corrected chi connectivity index (χ2v) is 20.4. The maximum atomic E-state index is 12.6. The highest BCUT2D eigenvalue weighted by atomic mass is 32.1. The number of hydrogen-bond acceptors (Lipinski definition) is 6. The minimum absolute atomic E-state index is 0.945. The summed E-state index contributed by atoms with van der Waals surface area (Å²) in [5.74, 6) is 7.82. The van der Waals surface area contributed by atoms with Crippen molar-refractivity contribution in [2.75, 3.05) is 0 Å². The van der Waals surface area contributed by atoms with Gasteiger partial charge in [-0.2, -0.15) is 0 Å². The molecule has 0 bridgehead atoms. The second kappa shape index (κ2) is 26.1. The maximum Gasteiger partial charge on any atom is 0.160 e. The van der Waals surface area contributed by atoms with Crippen molar-refractivity contribution < 1.29 is 9.59 Å². The molecule has 0 fully saturated rings. The molecule has 4 aromatic heterocycles. The lowest BCUT2D eigenvalue weighted by molar-refractivity contribution is 0.111. The second-order valence-electron chi connectivity index (χ2n) is 16.3. The summed E-state index contributed by atoms with van der Waals surface area (Å²) in [6, 6.07) is 0. The first-order valence-electron chi connectivity index (χ1n) is 23.4.